The highest BCUT2D eigenvalue weighted by atomic mass is 35.5. The lowest BCUT2D eigenvalue weighted by Crippen LogP contribution is -2.17. The number of benzene rings is 2. The number of carbonyl (C=O) groups is 1. The van der Waals surface area contributed by atoms with Crippen LogP contribution in [-0.2, 0) is 5.41 Å². The summed E-state index contributed by atoms with van der Waals surface area (Å²) in [5.41, 5.74) is 1.89. The fourth-order valence-electron chi connectivity index (χ4n) is 2.69. The van der Waals surface area contributed by atoms with E-state index in [4.69, 9.17) is 16.3 Å². The van der Waals surface area contributed by atoms with E-state index in [1.807, 2.05) is 12.1 Å². The second kappa shape index (κ2) is 8.34. The Bertz CT molecular complexity index is 657. The SMILES string of the molecule is CCCCCC(C)(C)c1ccc(OC(=O)c2ccc(Cl)cc2)cc1. The molecule has 0 unspecified atom stereocenters. The summed E-state index contributed by atoms with van der Waals surface area (Å²) in [4.78, 5) is 12.1. The van der Waals surface area contributed by atoms with E-state index in [-0.39, 0.29) is 11.4 Å². The Hall–Kier alpha value is -1.80. The van der Waals surface area contributed by atoms with Crippen LogP contribution < -0.4 is 4.74 Å². The summed E-state index contributed by atoms with van der Waals surface area (Å²) in [6.45, 7) is 6.74. The lowest BCUT2D eigenvalue weighted by molar-refractivity contribution is 0.0734. The molecule has 2 aromatic rings. The summed E-state index contributed by atoms with van der Waals surface area (Å²) in [6, 6.07) is 14.5. The number of esters is 1. The Balaban J connectivity index is 2.01. The molecule has 0 aliphatic rings. The van der Waals surface area contributed by atoms with E-state index >= 15 is 0 Å². The van der Waals surface area contributed by atoms with Gasteiger partial charge in [0, 0.05) is 5.02 Å². The molecular formula is C21H25ClO2. The summed E-state index contributed by atoms with van der Waals surface area (Å²) in [7, 11) is 0. The molecule has 3 heteroatoms. The predicted octanol–water partition coefficient (Wildman–Crippen LogP) is 6.42. The minimum Gasteiger partial charge on any atom is -0.423 e. The lowest BCUT2D eigenvalue weighted by atomic mass is 9.80. The molecule has 0 fully saturated rings. The molecule has 0 radical (unpaired) electrons. The van der Waals surface area contributed by atoms with Gasteiger partial charge >= 0.3 is 5.97 Å². The quantitative estimate of drug-likeness (QED) is 0.329. The van der Waals surface area contributed by atoms with Crippen LogP contribution in [0, 0.1) is 0 Å². The second-order valence-corrected chi connectivity index (χ2v) is 7.20. The van der Waals surface area contributed by atoms with Crippen LogP contribution in [0.5, 0.6) is 5.75 Å². The van der Waals surface area contributed by atoms with Gasteiger partial charge in [-0.1, -0.05) is 63.8 Å². The van der Waals surface area contributed by atoms with Gasteiger partial charge in [-0.25, -0.2) is 4.79 Å². The third-order valence-corrected chi connectivity index (χ3v) is 4.58. The van der Waals surface area contributed by atoms with Crippen LogP contribution in [0.25, 0.3) is 0 Å². The fraction of sp³-hybridized carbons (Fsp3) is 0.381. The summed E-state index contributed by atoms with van der Waals surface area (Å²) < 4.78 is 5.42. The zero-order valence-electron chi connectivity index (χ0n) is 14.6. The molecule has 0 bridgehead atoms. The lowest BCUT2D eigenvalue weighted by Gasteiger charge is -2.25. The highest BCUT2D eigenvalue weighted by Crippen LogP contribution is 2.30. The fourth-order valence-corrected chi connectivity index (χ4v) is 2.81. The topological polar surface area (TPSA) is 26.3 Å². The van der Waals surface area contributed by atoms with Crippen LogP contribution in [0.2, 0.25) is 5.02 Å². The number of hydrogen-bond acceptors (Lipinski definition) is 2. The zero-order valence-corrected chi connectivity index (χ0v) is 15.4. The summed E-state index contributed by atoms with van der Waals surface area (Å²) in [6.07, 6.45) is 4.89. The molecule has 2 rings (SSSR count). The standard InChI is InChI=1S/C21H25ClO2/c1-4-5-6-15-21(2,3)17-9-13-19(14-10-17)24-20(23)16-7-11-18(22)12-8-16/h7-14H,4-6,15H2,1-3H3. The zero-order chi connectivity index (χ0) is 17.6. The van der Waals surface area contributed by atoms with Gasteiger partial charge in [-0.3, -0.25) is 0 Å². The van der Waals surface area contributed by atoms with Crippen LogP contribution in [0.15, 0.2) is 48.5 Å². The number of ether oxygens (including phenoxy) is 1. The maximum absolute atomic E-state index is 12.1. The van der Waals surface area contributed by atoms with Crippen molar-refractivity contribution in [3.05, 3.63) is 64.7 Å². The molecule has 0 aliphatic carbocycles. The Morgan fingerprint density at radius 2 is 1.62 bits per heavy atom. The molecule has 0 aromatic heterocycles. The molecule has 0 atom stereocenters. The van der Waals surface area contributed by atoms with Crippen molar-refractivity contribution in [3.8, 4) is 5.75 Å². The van der Waals surface area contributed by atoms with Gasteiger partial charge in [0.2, 0.25) is 0 Å². The van der Waals surface area contributed by atoms with Crippen molar-refractivity contribution in [3.63, 3.8) is 0 Å². The highest BCUT2D eigenvalue weighted by Gasteiger charge is 2.20. The molecule has 0 N–H and O–H groups in total. The van der Waals surface area contributed by atoms with E-state index < -0.39 is 0 Å². The first-order chi connectivity index (χ1) is 11.4. The van der Waals surface area contributed by atoms with Gasteiger partial charge in [-0.15, -0.1) is 0 Å². The van der Waals surface area contributed by atoms with Crippen LogP contribution >= 0.6 is 11.6 Å². The third kappa shape index (κ3) is 5.10. The van der Waals surface area contributed by atoms with E-state index in [2.05, 4.69) is 32.9 Å². The molecule has 0 saturated heterocycles. The van der Waals surface area contributed by atoms with E-state index in [9.17, 15) is 4.79 Å². The third-order valence-electron chi connectivity index (χ3n) is 4.33. The monoisotopic (exact) mass is 344 g/mol. The van der Waals surface area contributed by atoms with Crippen molar-refractivity contribution in [2.75, 3.05) is 0 Å². The molecule has 0 spiro atoms. The van der Waals surface area contributed by atoms with Gasteiger partial charge in [0.05, 0.1) is 5.56 Å². The number of halogens is 1. The van der Waals surface area contributed by atoms with Crippen LogP contribution in [0.3, 0.4) is 0 Å². The first-order valence-electron chi connectivity index (χ1n) is 8.50. The summed E-state index contributed by atoms with van der Waals surface area (Å²) in [5.74, 6) is 0.185. The van der Waals surface area contributed by atoms with Crippen molar-refractivity contribution in [2.24, 2.45) is 0 Å². The van der Waals surface area contributed by atoms with Crippen LogP contribution in [-0.4, -0.2) is 5.97 Å². The Labute approximate surface area is 149 Å². The van der Waals surface area contributed by atoms with Gasteiger partial charge < -0.3 is 4.74 Å². The number of unbranched alkanes of at least 4 members (excludes halogenated alkanes) is 2. The van der Waals surface area contributed by atoms with E-state index in [1.165, 1.54) is 24.8 Å². The largest absolute Gasteiger partial charge is 0.423 e. The molecule has 0 saturated carbocycles. The second-order valence-electron chi connectivity index (χ2n) is 6.76. The smallest absolute Gasteiger partial charge is 0.343 e. The average Bonchev–Trinajstić information content (AvgIpc) is 2.56. The van der Waals surface area contributed by atoms with E-state index in [1.54, 1.807) is 24.3 Å². The molecule has 24 heavy (non-hydrogen) atoms. The van der Waals surface area contributed by atoms with Crippen LogP contribution in [0.4, 0.5) is 0 Å². The summed E-state index contributed by atoms with van der Waals surface area (Å²) >= 11 is 5.83. The Morgan fingerprint density at radius 3 is 2.21 bits per heavy atom. The van der Waals surface area contributed by atoms with Crippen molar-refractivity contribution < 1.29 is 9.53 Å². The van der Waals surface area contributed by atoms with E-state index in [0.29, 0.717) is 16.3 Å². The molecule has 0 heterocycles. The Kier molecular flexibility index (Phi) is 6.44. The van der Waals surface area contributed by atoms with Crippen LogP contribution in [0.1, 0.15) is 62.4 Å². The minimum atomic E-state index is -0.373. The molecule has 2 aromatic carbocycles. The molecule has 128 valence electrons. The van der Waals surface area contributed by atoms with Gasteiger partial charge in [0.25, 0.3) is 0 Å². The number of carbonyl (C=O) groups excluding carboxylic acids is 1. The molecule has 0 aliphatic heterocycles. The van der Waals surface area contributed by atoms with Gasteiger partial charge in [-0.05, 0) is 53.8 Å². The summed E-state index contributed by atoms with van der Waals surface area (Å²) in [5, 5.41) is 0.598. The number of hydrogen-bond donors (Lipinski definition) is 0. The van der Waals surface area contributed by atoms with Crippen molar-refractivity contribution in [1.82, 2.24) is 0 Å². The van der Waals surface area contributed by atoms with Crippen molar-refractivity contribution in [2.45, 2.75) is 51.9 Å². The van der Waals surface area contributed by atoms with Crippen molar-refractivity contribution in [1.29, 1.82) is 0 Å². The van der Waals surface area contributed by atoms with E-state index in [0.717, 1.165) is 6.42 Å². The first-order valence-corrected chi connectivity index (χ1v) is 8.88. The number of rotatable bonds is 7. The van der Waals surface area contributed by atoms with Gasteiger partial charge in [-0.2, -0.15) is 0 Å². The maximum atomic E-state index is 12.1. The van der Waals surface area contributed by atoms with Gasteiger partial charge in [0.15, 0.2) is 0 Å². The predicted molar refractivity (Wildman–Crippen MR) is 100 cm³/mol. The normalized spacial score (nSPS) is 11.3. The maximum Gasteiger partial charge on any atom is 0.343 e. The van der Waals surface area contributed by atoms with Gasteiger partial charge in [0.1, 0.15) is 5.75 Å². The first kappa shape index (κ1) is 18.5. The molecular weight excluding hydrogens is 320 g/mol. The minimum absolute atomic E-state index is 0.133. The molecule has 2 nitrogen and oxygen atoms in total. The Morgan fingerprint density at radius 1 is 1.00 bits per heavy atom. The average molecular weight is 345 g/mol. The molecule has 0 amide bonds. The van der Waals surface area contributed by atoms with Crippen molar-refractivity contribution >= 4 is 17.6 Å². The highest BCUT2D eigenvalue weighted by molar-refractivity contribution is 6.30.